The third-order valence-electron chi connectivity index (χ3n) is 4.33. The molecule has 0 nitrogen and oxygen atoms in total. The van der Waals surface area contributed by atoms with Crippen LogP contribution in [0.2, 0.25) is 0 Å². The Kier molecular flexibility index (Phi) is 4.26. The highest BCUT2D eigenvalue weighted by Gasteiger charge is 2.29. The van der Waals surface area contributed by atoms with Crippen LogP contribution in [-0.2, 0) is 0 Å². The fraction of sp³-hybridized carbons (Fsp3) is 1.00. The molecular weight excluding hydrogens is 180 g/mol. The number of hydrogen-bond donors (Lipinski definition) is 0. The Bertz CT molecular complexity index is 192. The Morgan fingerprint density at radius 2 is 1.33 bits per heavy atom. The van der Waals surface area contributed by atoms with Gasteiger partial charge in [0.1, 0.15) is 0 Å². The lowest BCUT2D eigenvalue weighted by molar-refractivity contribution is 0.200. The highest BCUT2D eigenvalue weighted by Crippen LogP contribution is 2.40. The predicted octanol–water partition coefficient (Wildman–Crippen LogP) is 5.13. The predicted molar refractivity (Wildman–Crippen MR) is 68.9 cm³/mol. The zero-order valence-corrected chi connectivity index (χ0v) is 11.6. The van der Waals surface area contributed by atoms with Crippen LogP contribution in [0.15, 0.2) is 0 Å². The molecular formula is C15H30. The van der Waals surface area contributed by atoms with Crippen LogP contribution < -0.4 is 0 Å². The minimum atomic E-state index is 0.553. The largest absolute Gasteiger partial charge is 0.0625 e. The van der Waals surface area contributed by atoms with E-state index in [1.54, 1.807) is 0 Å². The van der Waals surface area contributed by atoms with Gasteiger partial charge in [0.25, 0.3) is 0 Å². The Labute approximate surface area is 96.8 Å². The molecule has 0 aliphatic heterocycles. The summed E-state index contributed by atoms with van der Waals surface area (Å²) < 4.78 is 0. The second-order valence-electron chi connectivity index (χ2n) is 7.21. The van der Waals surface area contributed by atoms with E-state index in [4.69, 9.17) is 0 Å². The van der Waals surface area contributed by atoms with Crippen LogP contribution in [-0.4, -0.2) is 0 Å². The zero-order chi connectivity index (χ0) is 11.6. The smallest absolute Gasteiger partial charge is 0.0349 e. The summed E-state index contributed by atoms with van der Waals surface area (Å²) in [4.78, 5) is 0. The quantitative estimate of drug-likeness (QED) is 0.520. The Hall–Kier alpha value is 0. The van der Waals surface area contributed by atoms with Gasteiger partial charge in [0.2, 0.25) is 0 Å². The molecule has 0 bridgehead atoms. The van der Waals surface area contributed by atoms with Crippen molar-refractivity contribution in [3.63, 3.8) is 0 Å². The lowest BCUT2D eigenvalue weighted by Crippen LogP contribution is -2.20. The van der Waals surface area contributed by atoms with Gasteiger partial charge in [-0.2, -0.15) is 0 Å². The average Bonchev–Trinajstić information content (AvgIpc) is 2.01. The molecule has 0 radical (unpaired) electrons. The van der Waals surface area contributed by atoms with Crippen LogP contribution in [0.1, 0.15) is 67.2 Å². The first-order chi connectivity index (χ1) is 6.80. The van der Waals surface area contributed by atoms with E-state index in [9.17, 15) is 0 Å². The van der Waals surface area contributed by atoms with Gasteiger partial charge in [0, 0.05) is 0 Å². The molecule has 15 heavy (non-hydrogen) atoms. The molecule has 90 valence electrons. The molecule has 0 amide bonds. The number of rotatable bonds is 0. The standard InChI is InChI=1S/C15H30/c1-11-7-12(2)9-15(5,6)10-14(4)13(3)8-11/h11-14H,7-10H2,1-6H3. The Balaban J connectivity index is 2.73. The first kappa shape index (κ1) is 13.1. The second kappa shape index (κ2) is 4.89. The summed E-state index contributed by atoms with van der Waals surface area (Å²) in [6, 6.07) is 0. The van der Waals surface area contributed by atoms with Gasteiger partial charge in [-0.25, -0.2) is 0 Å². The first-order valence-corrected chi connectivity index (χ1v) is 6.80. The van der Waals surface area contributed by atoms with Crippen molar-refractivity contribution >= 4 is 0 Å². The Morgan fingerprint density at radius 3 is 1.93 bits per heavy atom. The third kappa shape index (κ3) is 4.17. The van der Waals surface area contributed by atoms with Crippen molar-refractivity contribution in [1.82, 2.24) is 0 Å². The normalized spacial score (nSPS) is 42.8. The van der Waals surface area contributed by atoms with Gasteiger partial charge in [-0.1, -0.05) is 41.5 Å². The maximum Gasteiger partial charge on any atom is -0.0349 e. The fourth-order valence-electron chi connectivity index (χ4n) is 3.83. The second-order valence-corrected chi connectivity index (χ2v) is 7.21. The molecule has 1 fully saturated rings. The third-order valence-corrected chi connectivity index (χ3v) is 4.33. The van der Waals surface area contributed by atoms with Crippen LogP contribution in [0.5, 0.6) is 0 Å². The van der Waals surface area contributed by atoms with Gasteiger partial charge in [-0.05, 0) is 54.8 Å². The van der Waals surface area contributed by atoms with Gasteiger partial charge < -0.3 is 0 Å². The molecule has 0 spiro atoms. The molecule has 0 saturated heterocycles. The highest BCUT2D eigenvalue weighted by molar-refractivity contribution is 4.80. The summed E-state index contributed by atoms with van der Waals surface area (Å²) in [5.41, 5.74) is 0.553. The summed E-state index contributed by atoms with van der Waals surface area (Å²) in [5, 5.41) is 0. The van der Waals surface area contributed by atoms with Gasteiger partial charge in [0.15, 0.2) is 0 Å². The van der Waals surface area contributed by atoms with Crippen LogP contribution in [0.25, 0.3) is 0 Å². The van der Waals surface area contributed by atoms with Crippen LogP contribution >= 0.6 is 0 Å². The highest BCUT2D eigenvalue weighted by atomic mass is 14.3. The molecule has 1 saturated carbocycles. The van der Waals surface area contributed by atoms with Crippen molar-refractivity contribution in [3.05, 3.63) is 0 Å². The molecule has 0 aromatic rings. The fourth-order valence-corrected chi connectivity index (χ4v) is 3.83. The van der Waals surface area contributed by atoms with E-state index in [-0.39, 0.29) is 0 Å². The summed E-state index contributed by atoms with van der Waals surface area (Å²) in [6.45, 7) is 14.7. The molecule has 0 aromatic carbocycles. The lowest BCUT2D eigenvalue weighted by atomic mass is 9.75. The van der Waals surface area contributed by atoms with Crippen molar-refractivity contribution in [2.24, 2.45) is 29.1 Å². The molecule has 1 rings (SSSR count). The van der Waals surface area contributed by atoms with Crippen molar-refractivity contribution in [2.45, 2.75) is 67.2 Å². The summed E-state index contributed by atoms with van der Waals surface area (Å²) in [5.74, 6) is 3.64. The lowest BCUT2D eigenvalue weighted by Gasteiger charge is -2.31. The van der Waals surface area contributed by atoms with Gasteiger partial charge in [-0.3, -0.25) is 0 Å². The van der Waals surface area contributed by atoms with Crippen molar-refractivity contribution in [3.8, 4) is 0 Å². The van der Waals surface area contributed by atoms with E-state index >= 15 is 0 Å². The van der Waals surface area contributed by atoms with E-state index in [0.717, 1.165) is 23.7 Å². The van der Waals surface area contributed by atoms with E-state index < -0.39 is 0 Å². The minimum absolute atomic E-state index is 0.553. The molecule has 1 aliphatic carbocycles. The van der Waals surface area contributed by atoms with Crippen molar-refractivity contribution in [1.29, 1.82) is 0 Å². The summed E-state index contributed by atoms with van der Waals surface area (Å²) >= 11 is 0. The van der Waals surface area contributed by atoms with Gasteiger partial charge in [-0.15, -0.1) is 0 Å². The molecule has 4 unspecified atom stereocenters. The topological polar surface area (TPSA) is 0 Å². The Morgan fingerprint density at radius 1 is 0.733 bits per heavy atom. The summed E-state index contributed by atoms with van der Waals surface area (Å²) in [7, 11) is 0. The van der Waals surface area contributed by atoms with E-state index in [2.05, 4.69) is 41.5 Å². The van der Waals surface area contributed by atoms with Crippen LogP contribution in [0.4, 0.5) is 0 Å². The number of hydrogen-bond acceptors (Lipinski definition) is 0. The van der Waals surface area contributed by atoms with Crippen molar-refractivity contribution < 1.29 is 0 Å². The van der Waals surface area contributed by atoms with Crippen LogP contribution in [0.3, 0.4) is 0 Å². The molecule has 0 aromatic heterocycles. The van der Waals surface area contributed by atoms with Gasteiger partial charge in [0.05, 0.1) is 0 Å². The van der Waals surface area contributed by atoms with E-state index in [1.165, 1.54) is 25.7 Å². The maximum atomic E-state index is 2.46. The molecule has 1 aliphatic rings. The van der Waals surface area contributed by atoms with Crippen molar-refractivity contribution in [2.75, 3.05) is 0 Å². The first-order valence-electron chi connectivity index (χ1n) is 6.80. The maximum absolute atomic E-state index is 2.46. The van der Waals surface area contributed by atoms with E-state index in [0.29, 0.717) is 5.41 Å². The zero-order valence-electron chi connectivity index (χ0n) is 11.6. The summed E-state index contributed by atoms with van der Waals surface area (Å²) in [6.07, 6.45) is 5.68. The average molecular weight is 210 g/mol. The molecule has 0 N–H and O–H groups in total. The van der Waals surface area contributed by atoms with Gasteiger partial charge >= 0.3 is 0 Å². The molecule has 4 atom stereocenters. The molecule has 0 heteroatoms. The SMILES string of the molecule is CC1CC(C)CC(C)(C)CC(C)C(C)C1. The van der Waals surface area contributed by atoms with E-state index in [1.807, 2.05) is 0 Å². The monoisotopic (exact) mass is 210 g/mol. The minimum Gasteiger partial charge on any atom is -0.0625 e. The van der Waals surface area contributed by atoms with Crippen LogP contribution in [0, 0.1) is 29.1 Å². The molecule has 0 heterocycles.